The summed E-state index contributed by atoms with van der Waals surface area (Å²) in [7, 11) is 1.60. The lowest BCUT2D eigenvalue weighted by atomic mass is 9.84. The molecule has 3 aromatic carbocycles. The van der Waals surface area contributed by atoms with Crippen molar-refractivity contribution in [1.82, 2.24) is 15.3 Å². The summed E-state index contributed by atoms with van der Waals surface area (Å²) in [6.45, 7) is 2.00. The van der Waals surface area contributed by atoms with E-state index in [1.807, 2.05) is 30.3 Å². The van der Waals surface area contributed by atoms with E-state index in [1.54, 1.807) is 7.11 Å². The number of hydrogen-bond donors (Lipinski definition) is 2. The van der Waals surface area contributed by atoms with E-state index in [4.69, 9.17) is 27.9 Å². The lowest BCUT2D eigenvalue weighted by Gasteiger charge is -2.25. The van der Waals surface area contributed by atoms with Gasteiger partial charge in [0.05, 0.1) is 12.6 Å². The Balaban J connectivity index is 1.62. The molecule has 0 aliphatic carbocycles. The molecule has 0 bridgehead atoms. The smallest absolute Gasteiger partial charge is 0.318 e. The molecule has 5 rings (SSSR count). The summed E-state index contributed by atoms with van der Waals surface area (Å²) in [5, 5.41) is 9.47. The fraction of sp³-hybridized carbons (Fsp3) is 0.259. The van der Waals surface area contributed by atoms with Gasteiger partial charge in [0.2, 0.25) is 0 Å². The molecule has 0 spiro atoms. The number of hydrogen-bond acceptors (Lipinski definition) is 5. The summed E-state index contributed by atoms with van der Waals surface area (Å²) in [5.74, 6) is 0.814. The average Bonchev–Trinajstić information content (AvgIpc) is 2.87. The molecular weight excluding hydrogens is 467 g/mol. The molecule has 2 N–H and O–H groups in total. The first-order chi connectivity index (χ1) is 16.6. The molecule has 0 radical (unpaired) electrons. The van der Waals surface area contributed by atoms with E-state index < -0.39 is 0 Å². The summed E-state index contributed by atoms with van der Waals surface area (Å²) >= 11 is 12.4. The standard InChI is InChI=1S/C27H26Cl2N4O/c1-34-27-32-24-11-6-19(16-23(24)26(33-27)31-22-12-14-30-15-13-22)25(17-2-7-20(28)8-3-17)18-4-9-21(29)10-5-18/h2-11,16,22,25,30H,12-15H2,1H3,(H,31,32,33). The first-order valence-corrected chi connectivity index (χ1v) is 12.2. The van der Waals surface area contributed by atoms with Gasteiger partial charge in [-0.3, -0.25) is 0 Å². The molecule has 1 aliphatic heterocycles. The predicted octanol–water partition coefficient (Wildman–Crippen LogP) is 6.29. The third-order valence-electron chi connectivity index (χ3n) is 6.30. The number of piperidine rings is 1. The maximum Gasteiger partial charge on any atom is 0.318 e. The summed E-state index contributed by atoms with van der Waals surface area (Å²) in [4.78, 5) is 9.28. The summed E-state index contributed by atoms with van der Waals surface area (Å²) in [6.07, 6.45) is 2.09. The van der Waals surface area contributed by atoms with Crippen LogP contribution >= 0.6 is 23.2 Å². The molecular formula is C27H26Cl2N4O. The van der Waals surface area contributed by atoms with Gasteiger partial charge in [0.15, 0.2) is 0 Å². The number of aromatic nitrogens is 2. The largest absolute Gasteiger partial charge is 0.467 e. The van der Waals surface area contributed by atoms with Crippen molar-refractivity contribution in [1.29, 1.82) is 0 Å². The number of nitrogens with one attached hydrogen (secondary N) is 2. The zero-order valence-electron chi connectivity index (χ0n) is 18.9. The van der Waals surface area contributed by atoms with Crippen LogP contribution in [0.25, 0.3) is 10.9 Å². The Morgan fingerprint density at radius 2 is 1.44 bits per heavy atom. The molecule has 0 unspecified atom stereocenters. The Bertz CT molecular complexity index is 1230. The molecule has 2 heterocycles. The van der Waals surface area contributed by atoms with Crippen molar-refractivity contribution in [2.75, 3.05) is 25.5 Å². The first-order valence-electron chi connectivity index (χ1n) is 11.4. The fourth-order valence-corrected chi connectivity index (χ4v) is 4.81. The van der Waals surface area contributed by atoms with Crippen molar-refractivity contribution in [3.8, 4) is 6.01 Å². The van der Waals surface area contributed by atoms with Crippen molar-refractivity contribution >= 4 is 39.9 Å². The van der Waals surface area contributed by atoms with Gasteiger partial charge in [-0.2, -0.15) is 9.97 Å². The molecule has 0 atom stereocenters. The van der Waals surface area contributed by atoms with Crippen molar-refractivity contribution in [3.05, 3.63) is 93.5 Å². The number of anilines is 1. The van der Waals surface area contributed by atoms with E-state index in [0.29, 0.717) is 22.1 Å². The van der Waals surface area contributed by atoms with Gasteiger partial charge in [0.25, 0.3) is 0 Å². The van der Waals surface area contributed by atoms with Crippen LogP contribution in [-0.4, -0.2) is 36.2 Å². The topological polar surface area (TPSA) is 59.1 Å². The van der Waals surface area contributed by atoms with Gasteiger partial charge in [0, 0.05) is 27.4 Å². The number of rotatable bonds is 6. The normalized spacial score (nSPS) is 14.5. The van der Waals surface area contributed by atoms with Crippen LogP contribution < -0.4 is 15.4 Å². The molecule has 1 aliphatic rings. The monoisotopic (exact) mass is 492 g/mol. The lowest BCUT2D eigenvalue weighted by Crippen LogP contribution is -2.35. The Kier molecular flexibility index (Phi) is 6.86. The summed E-state index contributed by atoms with van der Waals surface area (Å²) < 4.78 is 5.39. The molecule has 5 nitrogen and oxygen atoms in total. The van der Waals surface area contributed by atoms with Gasteiger partial charge < -0.3 is 15.4 Å². The van der Waals surface area contributed by atoms with Gasteiger partial charge in [-0.05, 0) is 79.0 Å². The van der Waals surface area contributed by atoms with Crippen LogP contribution in [0.5, 0.6) is 6.01 Å². The Morgan fingerprint density at radius 3 is 2.03 bits per heavy atom. The highest BCUT2D eigenvalue weighted by Gasteiger charge is 2.20. The van der Waals surface area contributed by atoms with Gasteiger partial charge in [-0.1, -0.05) is 53.5 Å². The summed E-state index contributed by atoms with van der Waals surface area (Å²) in [6, 6.07) is 23.1. The predicted molar refractivity (Wildman–Crippen MR) is 139 cm³/mol. The zero-order chi connectivity index (χ0) is 23.5. The second-order valence-electron chi connectivity index (χ2n) is 8.54. The highest BCUT2D eigenvalue weighted by atomic mass is 35.5. The van der Waals surface area contributed by atoms with Crippen LogP contribution in [0.2, 0.25) is 10.0 Å². The van der Waals surface area contributed by atoms with Crippen LogP contribution in [-0.2, 0) is 0 Å². The van der Waals surface area contributed by atoms with E-state index in [1.165, 1.54) is 0 Å². The number of fused-ring (bicyclic) bond motifs is 1. The van der Waals surface area contributed by atoms with Crippen molar-refractivity contribution < 1.29 is 4.74 Å². The van der Waals surface area contributed by atoms with E-state index >= 15 is 0 Å². The first kappa shape index (κ1) is 22.9. The molecule has 0 saturated carbocycles. The van der Waals surface area contributed by atoms with E-state index in [2.05, 4.69) is 57.0 Å². The second-order valence-corrected chi connectivity index (χ2v) is 9.41. The molecule has 4 aromatic rings. The van der Waals surface area contributed by atoms with Crippen molar-refractivity contribution in [3.63, 3.8) is 0 Å². The maximum absolute atomic E-state index is 6.19. The summed E-state index contributed by atoms with van der Waals surface area (Å²) in [5.41, 5.74) is 4.28. The van der Waals surface area contributed by atoms with E-state index in [0.717, 1.165) is 59.3 Å². The number of halogens is 2. The SMILES string of the molecule is COc1nc(NC2CCNCC2)c2cc(C(c3ccc(Cl)cc3)c3ccc(Cl)cc3)ccc2n1. The highest BCUT2D eigenvalue weighted by Crippen LogP contribution is 2.36. The number of ether oxygens (including phenoxy) is 1. The molecule has 0 amide bonds. The minimum atomic E-state index is 0.00719. The third kappa shape index (κ3) is 4.97. The van der Waals surface area contributed by atoms with E-state index in [9.17, 15) is 0 Å². The maximum atomic E-state index is 6.19. The van der Waals surface area contributed by atoms with Crippen molar-refractivity contribution in [2.45, 2.75) is 24.8 Å². The van der Waals surface area contributed by atoms with Crippen LogP contribution in [0, 0.1) is 0 Å². The molecule has 1 fully saturated rings. The Morgan fingerprint density at radius 1 is 0.853 bits per heavy atom. The lowest BCUT2D eigenvalue weighted by molar-refractivity contribution is 0.382. The molecule has 34 heavy (non-hydrogen) atoms. The highest BCUT2D eigenvalue weighted by molar-refractivity contribution is 6.30. The van der Waals surface area contributed by atoms with Gasteiger partial charge >= 0.3 is 6.01 Å². The minimum absolute atomic E-state index is 0.00719. The average molecular weight is 493 g/mol. The number of nitrogens with zero attached hydrogens (tertiary/aromatic N) is 2. The van der Waals surface area contributed by atoms with Crippen LogP contribution in [0.15, 0.2) is 66.7 Å². The van der Waals surface area contributed by atoms with E-state index in [-0.39, 0.29) is 5.92 Å². The third-order valence-corrected chi connectivity index (χ3v) is 6.81. The van der Waals surface area contributed by atoms with Crippen molar-refractivity contribution in [2.24, 2.45) is 0 Å². The molecule has 1 saturated heterocycles. The molecule has 7 heteroatoms. The molecule has 174 valence electrons. The van der Waals surface area contributed by atoms with Crippen LogP contribution in [0.1, 0.15) is 35.4 Å². The second kappa shape index (κ2) is 10.2. The Hall–Kier alpha value is -2.86. The quantitative estimate of drug-likeness (QED) is 0.309. The van der Waals surface area contributed by atoms with Gasteiger partial charge in [-0.25, -0.2) is 0 Å². The van der Waals surface area contributed by atoms with Gasteiger partial charge in [-0.15, -0.1) is 0 Å². The van der Waals surface area contributed by atoms with Crippen LogP contribution in [0.3, 0.4) is 0 Å². The van der Waals surface area contributed by atoms with Crippen LogP contribution in [0.4, 0.5) is 5.82 Å². The van der Waals surface area contributed by atoms with Gasteiger partial charge in [0.1, 0.15) is 5.82 Å². The molecule has 1 aromatic heterocycles. The Labute approximate surface area is 209 Å². The minimum Gasteiger partial charge on any atom is -0.467 e. The zero-order valence-corrected chi connectivity index (χ0v) is 20.4. The number of benzene rings is 3. The number of methoxy groups -OCH3 is 1. The fourth-order valence-electron chi connectivity index (χ4n) is 4.55.